The second kappa shape index (κ2) is 7.36. The minimum absolute atomic E-state index is 0.0286. The molecule has 0 aliphatic heterocycles. The summed E-state index contributed by atoms with van der Waals surface area (Å²) in [6, 6.07) is 38.4. The topological polar surface area (TPSA) is 4.93 Å². The normalized spacial score (nSPS) is 15.8. The number of benzene rings is 5. The van der Waals surface area contributed by atoms with Crippen molar-refractivity contribution in [3.05, 3.63) is 114 Å². The van der Waals surface area contributed by atoms with Gasteiger partial charge < -0.3 is 4.57 Å². The summed E-state index contributed by atoms with van der Waals surface area (Å²) in [6.07, 6.45) is 0. The first-order valence-electron chi connectivity index (χ1n) is 13.5. The van der Waals surface area contributed by atoms with Crippen LogP contribution in [0.1, 0.15) is 38.8 Å². The van der Waals surface area contributed by atoms with E-state index in [4.69, 9.17) is 0 Å². The second-order valence-electron chi connectivity index (χ2n) is 11.8. The average Bonchev–Trinajstić information content (AvgIpc) is 3.47. The molecule has 0 saturated heterocycles. The number of thiophene rings is 1. The molecule has 7 aromatic rings. The van der Waals surface area contributed by atoms with Crippen molar-refractivity contribution >= 4 is 53.3 Å². The Morgan fingerprint density at radius 2 is 1.16 bits per heavy atom. The zero-order chi connectivity index (χ0) is 25.8. The van der Waals surface area contributed by atoms with E-state index in [2.05, 4.69) is 135 Å². The van der Waals surface area contributed by atoms with Crippen LogP contribution in [-0.2, 0) is 10.8 Å². The van der Waals surface area contributed by atoms with E-state index in [1.54, 1.807) is 0 Å². The fraction of sp³-hybridized carbons (Fsp3) is 0.167. The highest BCUT2D eigenvalue weighted by atomic mass is 32.1. The average molecular weight is 508 g/mol. The second-order valence-corrected chi connectivity index (χ2v) is 12.9. The Hall–Kier alpha value is -3.88. The Kier molecular flexibility index (Phi) is 4.29. The van der Waals surface area contributed by atoms with Crippen LogP contribution in [0.5, 0.6) is 0 Å². The van der Waals surface area contributed by atoms with Crippen LogP contribution in [0, 0.1) is 0 Å². The van der Waals surface area contributed by atoms with Crippen molar-refractivity contribution in [2.45, 2.75) is 38.5 Å². The predicted octanol–water partition coefficient (Wildman–Crippen LogP) is 10.4. The zero-order valence-electron chi connectivity index (χ0n) is 22.2. The summed E-state index contributed by atoms with van der Waals surface area (Å²) in [4.78, 5) is 0. The van der Waals surface area contributed by atoms with E-state index in [0.717, 1.165) is 0 Å². The van der Waals surface area contributed by atoms with Crippen molar-refractivity contribution in [1.29, 1.82) is 0 Å². The van der Waals surface area contributed by atoms with E-state index >= 15 is 0 Å². The van der Waals surface area contributed by atoms with E-state index in [1.807, 2.05) is 11.3 Å². The van der Waals surface area contributed by atoms with E-state index in [0.29, 0.717) is 0 Å². The standard InChI is InChI=1S/C36H29NS/c1-35(2)28-20-19-26-25-13-7-10-16-32(25)38-34(26)33(28)27-18-17-22(21-29(27)36(35,3)4)37-30-14-8-5-11-23(30)24-12-6-9-15-31(24)37/h5-21H,1-4H3. The quantitative estimate of drug-likeness (QED) is 0.208. The molecule has 0 bridgehead atoms. The molecule has 184 valence electrons. The molecule has 2 heteroatoms. The van der Waals surface area contributed by atoms with Gasteiger partial charge in [-0.05, 0) is 57.9 Å². The summed E-state index contributed by atoms with van der Waals surface area (Å²) >= 11 is 1.94. The van der Waals surface area contributed by atoms with Gasteiger partial charge in [-0.2, -0.15) is 0 Å². The van der Waals surface area contributed by atoms with Crippen LogP contribution in [0.4, 0.5) is 0 Å². The van der Waals surface area contributed by atoms with E-state index in [9.17, 15) is 0 Å². The van der Waals surface area contributed by atoms with Crippen molar-refractivity contribution in [3.8, 4) is 16.8 Å². The smallest absolute Gasteiger partial charge is 0.0541 e. The molecule has 0 amide bonds. The van der Waals surface area contributed by atoms with Gasteiger partial charge in [-0.25, -0.2) is 0 Å². The minimum Gasteiger partial charge on any atom is -0.309 e. The van der Waals surface area contributed by atoms with Crippen molar-refractivity contribution < 1.29 is 0 Å². The number of hydrogen-bond acceptors (Lipinski definition) is 1. The number of rotatable bonds is 1. The first-order valence-corrected chi connectivity index (χ1v) is 14.3. The van der Waals surface area contributed by atoms with Crippen LogP contribution < -0.4 is 0 Å². The van der Waals surface area contributed by atoms with Gasteiger partial charge in [-0.3, -0.25) is 0 Å². The van der Waals surface area contributed by atoms with Crippen molar-refractivity contribution in [2.75, 3.05) is 0 Å². The number of hydrogen-bond donors (Lipinski definition) is 0. The molecule has 0 saturated carbocycles. The van der Waals surface area contributed by atoms with Gasteiger partial charge in [0.25, 0.3) is 0 Å². The third kappa shape index (κ3) is 2.66. The Bertz CT molecular complexity index is 2030. The molecule has 2 aromatic heterocycles. The van der Waals surface area contributed by atoms with Crippen LogP contribution >= 0.6 is 11.3 Å². The van der Waals surface area contributed by atoms with Crippen LogP contribution in [0.25, 0.3) is 58.8 Å². The molecular weight excluding hydrogens is 478 g/mol. The largest absolute Gasteiger partial charge is 0.309 e. The molecule has 0 N–H and O–H groups in total. The van der Waals surface area contributed by atoms with Gasteiger partial charge in [0.2, 0.25) is 0 Å². The van der Waals surface area contributed by atoms with Gasteiger partial charge in [-0.15, -0.1) is 11.3 Å². The Morgan fingerprint density at radius 1 is 0.553 bits per heavy atom. The van der Waals surface area contributed by atoms with E-state index in [1.165, 1.54) is 69.9 Å². The lowest BCUT2D eigenvalue weighted by Crippen LogP contribution is -2.43. The van der Waals surface area contributed by atoms with E-state index < -0.39 is 0 Å². The Labute approximate surface area is 227 Å². The molecule has 2 heterocycles. The van der Waals surface area contributed by atoms with Crippen molar-refractivity contribution in [3.63, 3.8) is 0 Å². The molecule has 38 heavy (non-hydrogen) atoms. The Balaban J connectivity index is 1.47. The van der Waals surface area contributed by atoms with Crippen molar-refractivity contribution in [1.82, 2.24) is 4.57 Å². The van der Waals surface area contributed by atoms with Gasteiger partial charge in [0.1, 0.15) is 0 Å². The van der Waals surface area contributed by atoms with E-state index in [-0.39, 0.29) is 10.8 Å². The summed E-state index contributed by atoms with van der Waals surface area (Å²) in [7, 11) is 0. The Morgan fingerprint density at radius 3 is 1.87 bits per heavy atom. The van der Waals surface area contributed by atoms with Gasteiger partial charge in [0, 0.05) is 42.2 Å². The molecular formula is C36H29NS. The summed E-state index contributed by atoms with van der Waals surface area (Å²) in [5, 5.41) is 5.34. The third-order valence-corrected chi connectivity index (χ3v) is 10.8. The number of fused-ring (bicyclic) bond motifs is 10. The van der Waals surface area contributed by atoms with Crippen LogP contribution in [-0.4, -0.2) is 4.57 Å². The summed E-state index contributed by atoms with van der Waals surface area (Å²) in [5.74, 6) is 0. The molecule has 1 aliphatic carbocycles. The molecule has 8 rings (SSSR count). The molecule has 0 atom stereocenters. The molecule has 0 radical (unpaired) electrons. The lowest BCUT2D eigenvalue weighted by Gasteiger charge is -2.48. The maximum absolute atomic E-state index is 2.48. The fourth-order valence-electron chi connectivity index (χ4n) is 6.86. The maximum atomic E-state index is 2.48. The number of nitrogens with zero attached hydrogens (tertiary/aromatic N) is 1. The number of para-hydroxylation sites is 2. The zero-order valence-corrected chi connectivity index (χ0v) is 23.0. The molecule has 0 spiro atoms. The van der Waals surface area contributed by atoms with Gasteiger partial charge in [0.05, 0.1) is 11.0 Å². The molecule has 0 fully saturated rings. The minimum atomic E-state index is -0.0472. The lowest BCUT2D eigenvalue weighted by molar-refractivity contribution is 0.299. The predicted molar refractivity (Wildman–Crippen MR) is 165 cm³/mol. The SMILES string of the molecule is CC1(C)c2cc(-n3c4ccccc4c4ccccc43)ccc2-c2c(ccc3c2sc2ccccc23)C1(C)C. The fourth-order valence-corrected chi connectivity index (χ4v) is 8.12. The summed E-state index contributed by atoms with van der Waals surface area (Å²) in [5.41, 5.74) is 9.37. The number of aromatic nitrogens is 1. The van der Waals surface area contributed by atoms with Gasteiger partial charge in [-0.1, -0.05) is 100 Å². The summed E-state index contributed by atoms with van der Waals surface area (Å²) < 4.78 is 5.23. The third-order valence-electron chi connectivity index (χ3n) is 9.57. The van der Waals surface area contributed by atoms with Gasteiger partial charge >= 0.3 is 0 Å². The summed E-state index contributed by atoms with van der Waals surface area (Å²) in [6.45, 7) is 9.72. The van der Waals surface area contributed by atoms with Crippen LogP contribution in [0.3, 0.4) is 0 Å². The van der Waals surface area contributed by atoms with Crippen molar-refractivity contribution in [2.24, 2.45) is 0 Å². The molecule has 1 nitrogen and oxygen atoms in total. The lowest BCUT2D eigenvalue weighted by atomic mass is 9.55. The molecule has 1 aliphatic rings. The van der Waals surface area contributed by atoms with Crippen LogP contribution in [0.2, 0.25) is 0 Å². The first kappa shape index (κ1) is 22.1. The monoisotopic (exact) mass is 507 g/mol. The highest BCUT2D eigenvalue weighted by molar-refractivity contribution is 7.26. The first-order chi connectivity index (χ1) is 18.4. The van der Waals surface area contributed by atoms with Crippen LogP contribution in [0.15, 0.2) is 103 Å². The van der Waals surface area contributed by atoms with Gasteiger partial charge in [0.15, 0.2) is 0 Å². The molecule has 0 unspecified atom stereocenters. The highest BCUT2D eigenvalue weighted by Gasteiger charge is 2.46. The maximum Gasteiger partial charge on any atom is 0.0541 e. The molecule has 5 aromatic carbocycles. The highest BCUT2D eigenvalue weighted by Crippen LogP contribution is 2.57.